The van der Waals surface area contributed by atoms with E-state index in [2.05, 4.69) is 34.3 Å². The topological polar surface area (TPSA) is 72.8 Å². The van der Waals surface area contributed by atoms with Crippen molar-refractivity contribution in [2.75, 3.05) is 0 Å². The molecule has 5 nitrogen and oxygen atoms in total. The van der Waals surface area contributed by atoms with Crippen LogP contribution < -0.4 is 0 Å². The molecule has 32 heavy (non-hydrogen) atoms. The molecule has 0 aromatic rings. The van der Waals surface area contributed by atoms with Crippen molar-refractivity contribution in [2.45, 2.75) is 104 Å². The minimum absolute atomic E-state index is 0.00974. The van der Waals surface area contributed by atoms with Gasteiger partial charge >= 0.3 is 5.97 Å². The SMILES string of the molecule is C=C1C[C@H](OC(C)=O)[C@@H]2[C@@]3(C)CCCC(C)(C)[C@@H]3[C@@H](O)C[C@@]2(C)O[C@@H]2C=C(C)C(=O)C[C@H]12. The molecular formula is C27H40O5. The molecule has 0 spiro atoms. The number of aliphatic hydroxyl groups excluding tert-OH is 1. The van der Waals surface area contributed by atoms with E-state index in [1.54, 1.807) is 0 Å². The summed E-state index contributed by atoms with van der Waals surface area (Å²) in [6.45, 7) is 16.5. The Balaban J connectivity index is 1.85. The van der Waals surface area contributed by atoms with Crippen molar-refractivity contribution < 1.29 is 24.2 Å². The Morgan fingerprint density at radius 1 is 1.19 bits per heavy atom. The van der Waals surface area contributed by atoms with Gasteiger partial charge in [0.05, 0.1) is 17.8 Å². The molecule has 0 aromatic carbocycles. The van der Waals surface area contributed by atoms with Crippen LogP contribution in [0.3, 0.4) is 0 Å². The maximum atomic E-state index is 12.5. The van der Waals surface area contributed by atoms with Gasteiger partial charge in [-0.15, -0.1) is 0 Å². The molecule has 0 amide bonds. The first-order valence-corrected chi connectivity index (χ1v) is 12.2. The van der Waals surface area contributed by atoms with Crippen LogP contribution in [-0.2, 0) is 19.1 Å². The summed E-state index contributed by atoms with van der Waals surface area (Å²) in [7, 11) is 0. The van der Waals surface area contributed by atoms with Crippen molar-refractivity contribution in [3.05, 3.63) is 23.8 Å². The second-order valence-electron chi connectivity index (χ2n) is 12.1. The molecule has 3 aliphatic carbocycles. The summed E-state index contributed by atoms with van der Waals surface area (Å²) < 4.78 is 12.9. The minimum atomic E-state index is -0.682. The zero-order valence-electron chi connectivity index (χ0n) is 20.6. The molecule has 8 atom stereocenters. The van der Waals surface area contributed by atoms with Gasteiger partial charge in [0.15, 0.2) is 5.78 Å². The second-order valence-corrected chi connectivity index (χ2v) is 12.1. The first-order chi connectivity index (χ1) is 14.8. The number of allylic oxidation sites excluding steroid dienone is 1. The monoisotopic (exact) mass is 444 g/mol. The van der Waals surface area contributed by atoms with E-state index in [1.807, 2.05) is 13.0 Å². The van der Waals surface area contributed by atoms with Crippen LogP contribution in [0.4, 0.5) is 0 Å². The molecular weight excluding hydrogens is 404 g/mol. The average molecular weight is 445 g/mol. The van der Waals surface area contributed by atoms with Gasteiger partial charge in [0.1, 0.15) is 6.10 Å². The Kier molecular flexibility index (Phi) is 5.77. The normalized spacial score (nSPS) is 46.0. The van der Waals surface area contributed by atoms with Gasteiger partial charge in [-0.3, -0.25) is 9.59 Å². The van der Waals surface area contributed by atoms with Gasteiger partial charge in [0.25, 0.3) is 0 Å². The molecule has 3 fully saturated rings. The van der Waals surface area contributed by atoms with Crippen LogP contribution in [0.25, 0.3) is 0 Å². The van der Waals surface area contributed by atoms with Gasteiger partial charge in [-0.25, -0.2) is 0 Å². The number of hydrogen-bond donors (Lipinski definition) is 1. The maximum absolute atomic E-state index is 12.5. The zero-order chi connectivity index (χ0) is 23.6. The average Bonchev–Trinajstić information content (AvgIpc) is 2.61. The van der Waals surface area contributed by atoms with Crippen LogP contribution in [0.15, 0.2) is 23.8 Å². The maximum Gasteiger partial charge on any atom is 0.302 e. The van der Waals surface area contributed by atoms with Gasteiger partial charge in [-0.05, 0) is 55.1 Å². The minimum Gasteiger partial charge on any atom is -0.462 e. The van der Waals surface area contributed by atoms with Gasteiger partial charge in [0, 0.05) is 38.0 Å². The molecule has 0 bridgehead atoms. The summed E-state index contributed by atoms with van der Waals surface area (Å²) in [5.74, 6) is -0.299. The fourth-order valence-corrected chi connectivity index (χ4v) is 8.32. The highest BCUT2D eigenvalue weighted by Crippen LogP contribution is 2.65. The molecule has 1 heterocycles. The van der Waals surface area contributed by atoms with Crippen molar-refractivity contribution in [3.8, 4) is 0 Å². The molecule has 0 radical (unpaired) electrons. The van der Waals surface area contributed by atoms with E-state index in [9.17, 15) is 14.7 Å². The van der Waals surface area contributed by atoms with E-state index in [1.165, 1.54) is 6.92 Å². The summed E-state index contributed by atoms with van der Waals surface area (Å²) in [5.41, 5.74) is 0.714. The Bertz CT molecular complexity index is 856. The van der Waals surface area contributed by atoms with E-state index in [0.717, 1.165) is 30.4 Å². The Labute approximate surface area is 192 Å². The van der Waals surface area contributed by atoms with Crippen LogP contribution in [0.1, 0.15) is 80.1 Å². The van der Waals surface area contributed by atoms with E-state index >= 15 is 0 Å². The number of fused-ring (bicyclic) bond motifs is 4. The third kappa shape index (κ3) is 3.69. The van der Waals surface area contributed by atoms with Gasteiger partial charge in [0.2, 0.25) is 0 Å². The van der Waals surface area contributed by atoms with Crippen molar-refractivity contribution in [1.29, 1.82) is 0 Å². The van der Waals surface area contributed by atoms with Crippen LogP contribution in [0.5, 0.6) is 0 Å². The van der Waals surface area contributed by atoms with E-state index < -0.39 is 11.7 Å². The van der Waals surface area contributed by atoms with E-state index in [0.29, 0.717) is 19.3 Å². The van der Waals surface area contributed by atoms with Gasteiger partial charge < -0.3 is 14.6 Å². The lowest BCUT2D eigenvalue weighted by Gasteiger charge is -2.65. The molecule has 1 N–H and O–H groups in total. The summed E-state index contributed by atoms with van der Waals surface area (Å²) in [6, 6.07) is 0. The van der Waals surface area contributed by atoms with E-state index in [-0.39, 0.29) is 52.5 Å². The quantitative estimate of drug-likeness (QED) is 0.466. The summed E-state index contributed by atoms with van der Waals surface area (Å²) in [5, 5.41) is 11.5. The van der Waals surface area contributed by atoms with Crippen molar-refractivity contribution in [2.24, 2.45) is 28.6 Å². The first-order valence-electron chi connectivity index (χ1n) is 12.2. The molecule has 178 valence electrons. The van der Waals surface area contributed by atoms with Crippen LogP contribution in [0, 0.1) is 28.6 Å². The number of carbonyl (C=O) groups excluding carboxylic acids is 2. The lowest BCUT2D eigenvalue weighted by molar-refractivity contribution is -0.268. The number of esters is 1. The molecule has 1 saturated heterocycles. The molecule has 5 heteroatoms. The Morgan fingerprint density at radius 3 is 2.53 bits per heavy atom. The van der Waals surface area contributed by atoms with Crippen molar-refractivity contribution >= 4 is 11.8 Å². The third-order valence-electron chi connectivity index (χ3n) is 9.19. The number of rotatable bonds is 1. The standard InChI is InChI=1S/C27H40O5/c1-15-11-22(31-17(3)28)24-26(6)10-8-9-25(4,5)23(26)20(30)14-27(24,7)32-21-12-16(2)19(29)13-18(15)21/h12,18,20-24,30H,1,8-11,13-14H2,2-7H3/t18-,20+,21-,22+,23+,24-,26+,27-/m1/s1. The molecule has 0 aromatic heterocycles. The fourth-order valence-electron chi connectivity index (χ4n) is 8.32. The third-order valence-corrected chi connectivity index (χ3v) is 9.19. The number of aliphatic hydroxyl groups is 1. The number of ketones is 1. The highest BCUT2D eigenvalue weighted by molar-refractivity contribution is 5.96. The molecule has 1 aliphatic heterocycles. The number of hydrogen-bond acceptors (Lipinski definition) is 5. The number of ether oxygens (including phenoxy) is 2. The lowest BCUT2D eigenvalue weighted by Crippen LogP contribution is -2.68. The number of carbonyl (C=O) groups is 2. The highest BCUT2D eigenvalue weighted by atomic mass is 16.6. The smallest absolute Gasteiger partial charge is 0.302 e. The first kappa shape index (κ1) is 23.7. The number of Topliss-reactive ketones (excluding diaryl/α,β-unsaturated/α-hetero) is 1. The zero-order valence-corrected chi connectivity index (χ0v) is 20.6. The second kappa shape index (κ2) is 7.80. The molecule has 2 saturated carbocycles. The summed E-state index contributed by atoms with van der Waals surface area (Å²) in [6.07, 6.45) is 5.33. The van der Waals surface area contributed by atoms with Gasteiger partial charge in [-0.2, -0.15) is 0 Å². The van der Waals surface area contributed by atoms with Crippen LogP contribution in [0.2, 0.25) is 0 Å². The summed E-state index contributed by atoms with van der Waals surface area (Å²) >= 11 is 0. The van der Waals surface area contributed by atoms with Crippen LogP contribution >= 0.6 is 0 Å². The predicted octanol–water partition coefficient (Wildman–Crippen LogP) is 4.77. The van der Waals surface area contributed by atoms with Gasteiger partial charge in [-0.1, -0.05) is 39.3 Å². The van der Waals surface area contributed by atoms with E-state index in [4.69, 9.17) is 9.47 Å². The fraction of sp³-hybridized carbons (Fsp3) is 0.778. The largest absolute Gasteiger partial charge is 0.462 e. The van der Waals surface area contributed by atoms with Crippen LogP contribution in [-0.4, -0.2) is 40.8 Å². The Hall–Kier alpha value is -1.46. The molecule has 4 rings (SSSR count). The summed E-state index contributed by atoms with van der Waals surface area (Å²) in [4.78, 5) is 24.7. The highest BCUT2D eigenvalue weighted by Gasteiger charge is 2.65. The van der Waals surface area contributed by atoms with Crippen molar-refractivity contribution in [3.63, 3.8) is 0 Å². The lowest BCUT2D eigenvalue weighted by atomic mass is 9.43. The van der Waals surface area contributed by atoms with Crippen molar-refractivity contribution in [1.82, 2.24) is 0 Å². The molecule has 4 aliphatic rings. The molecule has 0 unspecified atom stereocenters. The predicted molar refractivity (Wildman–Crippen MR) is 123 cm³/mol. The Morgan fingerprint density at radius 2 is 1.88 bits per heavy atom.